The van der Waals surface area contributed by atoms with E-state index in [4.69, 9.17) is 15.2 Å². The molecule has 0 unspecified atom stereocenters. The van der Waals surface area contributed by atoms with Crippen molar-refractivity contribution >= 4 is 0 Å². The molecule has 4 nitrogen and oxygen atoms in total. The lowest BCUT2D eigenvalue weighted by Gasteiger charge is -2.25. The molecule has 2 heterocycles. The van der Waals surface area contributed by atoms with Crippen molar-refractivity contribution in [1.29, 1.82) is 0 Å². The first-order chi connectivity index (χ1) is 8.00. The van der Waals surface area contributed by atoms with E-state index in [0.717, 1.165) is 35.3 Å². The molecule has 4 heteroatoms. The summed E-state index contributed by atoms with van der Waals surface area (Å²) in [7, 11) is 0. The highest BCUT2D eigenvalue weighted by Gasteiger charge is 2.36. The standard InChI is InChI=1S/C13H17NO3/c1-13(2,14)9-7-3-5-17-12(7)10(15)8-4-6-16-11(8)9/h15H,3-6,14H2,1-2H3. The molecule has 1 aromatic rings. The summed E-state index contributed by atoms with van der Waals surface area (Å²) in [6.07, 6.45) is 1.51. The third-order valence-electron chi connectivity index (χ3n) is 3.42. The van der Waals surface area contributed by atoms with Crippen molar-refractivity contribution < 1.29 is 14.6 Å². The minimum absolute atomic E-state index is 0.248. The fourth-order valence-electron chi connectivity index (χ4n) is 2.77. The molecular formula is C13H17NO3. The molecule has 0 bridgehead atoms. The highest BCUT2D eigenvalue weighted by Crippen LogP contribution is 2.50. The molecule has 3 N–H and O–H groups in total. The van der Waals surface area contributed by atoms with Crippen molar-refractivity contribution in [3.8, 4) is 17.2 Å². The van der Waals surface area contributed by atoms with Gasteiger partial charge in [-0.2, -0.15) is 0 Å². The van der Waals surface area contributed by atoms with Crippen molar-refractivity contribution in [2.24, 2.45) is 5.73 Å². The molecule has 92 valence electrons. The molecule has 2 aliphatic rings. The first kappa shape index (κ1) is 10.7. The normalized spacial score (nSPS) is 17.4. The van der Waals surface area contributed by atoms with Gasteiger partial charge >= 0.3 is 0 Å². The van der Waals surface area contributed by atoms with Crippen LogP contribution in [0.4, 0.5) is 0 Å². The van der Waals surface area contributed by atoms with E-state index in [2.05, 4.69) is 0 Å². The molecule has 3 rings (SSSR count). The topological polar surface area (TPSA) is 64.7 Å². The Balaban J connectivity index is 2.34. The molecule has 0 amide bonds. The third kappa shape index (κ3) is 1.40. The minimum Gasteiger partial charge on any atom is -0.504 e. The van der Waals surface area contributed by atoms with E-state index in [1.165, 1.54) is 0 Å². The predicted octanol–water partition coefficient (Wildman–Crippen LogP) is 1.46. The number of rotatable bonds is 1. The first-order valence-electron chi connectivity index (χ1n) is 5.95. The van der Waals surface area contributed by atoms with E-state index in [1.54, 1.807) is 0 Å². The van der Waals surface area contributed by atoms with Gasteiger partial charge in [0.05, 0.1) is 13.2 Å². The van der Waals surface area contributed by atoms with E-state index in [0.29, 0.717) is 19.0 Å². The summed E-state index contributed by atoms with van der Waals surface area (Å²) in [4.78, 5) is 0. The number of phenols is 1. The van der Waals surface area contributed by atoms with Crippen LogP contribution >= 0.6 is 0 Å². The number of aromatic hydroxyl groups is 1. The second kappa shape index (κ2) is 3.29. The highest BCUT2D eigenvalue weighted by molar-refractivity contribution is 5.66. The highest BCUT2D eigenvalue weighted by atomic mass is 16.5. The predicted molar refractivity (Wildman–Crippen MR) is 63.7 cm³/mol. The van der Waals surface area contributed by atoms with Gasteiger partial charge in [0.2, 0.25) is 0 Å². The number of hydrogen-bond donors (Lipinski definition) is 2. The van der Waals surface area contributed by atoms with Crippen molar-refractivity contribution in [2.45, 2.75) is 32.2 Å². The average Bonchev–Trinajstić information content (AvgIpc) is 2.83. The maximum Gasteiger partial charge on any atom is 0.165 e. The largest absolute Gasteiger partial charge is 0.504 e. The van der Waals surface area contributed by atoms with Gasteiger partial charge in [0, 0.05) is 35.1 Å². The van der Waals surface area contributed by atoms with E-state index >= 15 is 0 Å². The van der Waals surface area contributed by atoms with E-state index in [-0.39, 0.29) is 5.75 Å². The zero-order valence-electron chi connectivity index (χ0n) is 10.2. The molecule has 2 aliphatic heterocycles. The Hall–Kier alpha value is -1.42. The summed E-state index contributed by atoms with van der Waals surface area (Å²) in [6.45, 7) is 5.13. The number of phenolic OH excluding ortho intramolecular Hbond substituents is 1. The van der Waals surface area contributed by atoms with Gasteiger partial charge in [-0.05, 0) is 13.8 Å². The van der Waals surface area contributed by atoms with Gasteiger partial charge in [-0.15, -0.1) is 0 Å². The van der Waals surface area contributed by atoms with Crippen LogP contribution in [0.3, 0.4) is 0 Å². The molecule has 0 spiro atoms. The average molecular weight is 235 g/mol. The zero-order valence-corrected chi connectivity index (χ0v) is 10.2. The van der Waals surface area contributed by atoms with Gasteiger partial charge in [-0.3, -0.25) is 0 Å². The number of nitrogens with two attached hydrogens (primary N) is 1. The second-order valence-corrected chi connectivity index (χ2v) is 5.26. The molecule has 0 aromatic heterocycles. The van der Waals surface area contributed by atoms with E-state index in [9.17, 15) is 5.11 Å². The third-order valence-corrected chi connectivity index (χ3v) is 3.42. The molecule has 1 aromatic carbocycles. The number of ether oxygens (including phenoxy) is 2. The summed E-state index contributed by atoms with van der Waals surface area (Å²) in [5.41, 5.74) is 8.60. The molecule has 17 heavy (non-hydrogen) atoms. The summed E-state index contributed by atoms with van der Waals surface area (Å²) in [5, 5.41) is 10.2. The number of hydrogen-bond acceptors (Lipinski definition) is 4. The first-order valence-corrected chi connectivity index (χ1v) is 5.95. The van der Waals surface area contributed by atoms with Crippen LogP contribution in [-0.2, 0) is 18.4 Å². The Kier molecular flexibility index (Phi) is 2.08. The number of benzene rings is 1. The summed E-state index contributed by atoms with van der Waals surface area (Å²) in [6, 6.07) is 0. The van der Waals surface area contributed by atoms with Gasteiger partial charge in [-0.25, -0.2) is 0 Å². The Morgan fingerprint density at radius 3 is 2.29 bits per heavy atom. The second-order valence-electron chi connectivity index (χ2n) is 5.26. The van der Waals surface area contributed by atoms with Crippen LogP contribution in [0, 0.1) is 0 Å². The Morgan fingerprint density at radius 1 is 1.06 bits per heavy atom. The summed E-state index contributed by atoms with van der Waals surface area (Å²) >= 11 is 0. The Bertz CT molecular complexity index is 453. The van der Waals surface area contributed by atoms with Crippen LogP contribution in [0.2, 0.25) is 0 Å². The lowest BCUT2D eigenvalue weighted by atomic mass is 9.86. The van der Waals surface area contributed by atoms with Crippen LogP contribution < -0.4 is 15.2 Å². The van der Waals surface area contributed by atoms with Gasteiger partial charge in [0.1, 0.15) is 5.75 Å². The van der Waals surface area contributed by atoms with Crippen LogP contribution in [-0.4, -0.2) is 18.3 Å². The molecular weight excluding hydrogens is 218 g/mol. The lowest BCUT2D eigenvalue weighted by molar-refractivity contribution is 0.333. The van der Waals surface area contributed by atoms with Crippen LogP contribution in [0.5, 0.6) is 17.2 Å². The Morgan fingerprint density at radius 2 is 1.65 bits per heavy atom. The zero-order chi connectivity index (χ0) is 12.2. The fourth-order valence-corrected chi connectivity index (χ4v) is 2.77. The van der Waals surface area contributed by atoms with Crippen LogP contribution in [0.15, 0.2) is 0 Å². The van der Waals surface area contributed by atoms with Gasteiger partial charge in [0.15, 0.2) is 11.5 Å². The van der Waals surface area contributed by atoms with E-state index < -0.39 is 5.54 Å². The van der Waals surface area contributed by atoms with Crippen molar-refractivity contribution in [3.05, 3.63) is 16.7 Å². The van der Waals surface area contributed by atoms with Crippen LogP contribution in [0.1, 0.15) is 30.5 Å². The lowest BCUT2D eigenvalue weighted by Crippen LogP contribution is -2.30. The number of fused-ring (bicyclic) bond motifs is 2. The minimum atomic E-state index is -0.486. The SMILES string of the molecule is CC(C)(N)c1c2c(c(O)c3c1OCC3)OCC2. The van der Waals surface area contributed by atoms with Crippen molar-refractivity contribution in [3.63, 3.8) is 0 Å². The van der Waals surface area contributed by atoms with Crippen molar-refractivity contribution in [1.82, 2.24) is 0 Å². The molecule has 0 aliphatic carbocycles. The monoisotopic (exact) mass is 235 g/mol. The maximum absolute atomic E-state index is 10.2. The van der Waals surface area contributed by atoms with Gasteiger partial charge in [-0.1, -0.05) is 0 Å². The fraction of sp³-hybridized carbons (Fsp3) is 0.538. The molecule has 0 fully saturated rings. The van der Waals surface area contributed by atoms with E-state index in [1.807, 2.05) is 13.8 Å². The molecule has 0 atom stereocenters. The molecule has 0 saturated heterocycles. The molecule has 0 radical (unpaired) electrons. The Labute approximate surface area is 100 Å². The molecule has 0 saturated carbocycles. The summed E-state index contributed by atoms with van der Waals surface area (Å²) in [5.74, 6) is 1.64. The van der Waals surface area contributed by atoms with Gasteiger partial charge in [0.25, 0.3) is 0 Å². The maximum atomic E-state index is 10.2. The summed E-state index contributed by atoms with van der Waals surface area (Å²) < 4.78 is 11.2. The van der Waals surface area contributed by atoms with Crippen molar-refractivity contribution in [2.75, 3.05) is 13.2 Å². The quantitative estimate of drug-likeness (QED) is 0.773. The van der Waals surface area contributed by atoms with Crippen LogP contribution in [0.25, 0.3) is 0 Å². The van der Waals surface area contributed by atoms with Gasteiger partial charge < -0.3 is 20.3 Å². The smallest absolute Gasteiger partial charge is 0.165 e.